The summed E-state index contributed by atoms with van der Waals surface area (Å²) < 4.78 is 11.6. The number of nitrogens with one attached hydrogen (secondary N) is 1. The van der Waals surface area contributed by atoms with Crippen LogP contribution in [0.3, 0.4) is 0 Å². The summed E-state index contributed by atoms with van der Waals surface area (Å²) in [5, 5.41) is 14.5. The molecular weight excluding hydrogens is 390 g/mol. The van der Waals surface area contributed by atoms with Gasteiger partial charge >= 0.3 is 0 Å². The van der Waals surface area contributed by atoms with Gasteiger partial charge in [0.15, 0.2) is 0 Å². The Morgan fingerprint density at radius 3 is 2.55 bits per heavy atom. The number of hydrogen-bond donors (Lipinski definition) is 2. The van der Waals surface area contributed by atoms with E-state index < -0.39 is 0 Å². The number of benzene rings is 2. The molecule has 2 heterocycles. The van der Waals surface area contributed by atoms with Crippen molar-refractivity contribution in [2.45, 2.75) is 37.8 Å². The minimum Gasteiger partial charge on any atom is -0.497 e. The molecule has 0 bridgehead atoms. The molecule has 2 aromatic heterocycles. The Morgan fingerprint density at radius 2 is 1.81 bits per heavy atom. The largest absolute Gasteiger partial charge is 0.497 e. The van der Waals surface area contributed by atoms with Gasteiger partial charge in [-0.25, -0.2) is 9.97 Å². The van der Waals surface area contributed by atoms with E-state index in [0.717, 1.165) is 58.7 Å². The Hall–Kier alpha value is -3.38. The van der Waals surface area contributed by atoms with Gasteiger partial charge in [-0.2, -0.15) is 0 Å². The number of aliphatic hydroxyl groups is 1. The fraction of sp³-hybridized carbons (Fsp3) is 0.280. The van der Waals surface area contributed by atoms with Crippen molar-refractivity contribution in [3.8, 4) is 28.2 Å². The van der Waals surface area contributed by atoms with Crippen LogP contribution in [-0.4, -0.2) is 34.3 Å². The maximum atomic E-state index is 10.1. The zero-order chi connectivity index (χ0) is 21.2. The fourth-order valence-electron chi connectivity index (χ4n) is 4.36. The van der Waals surface area contributed by atoms with Gasteiger partial charge in [-0.1, -0.05) is 42.5 Å². The predicted octanol–water partition coefficient (Wildman–Crippen LogP) is 5.28. The standard InChI is InChI=1S/C25H25N3O3/c1-30-20-12-10-16(11-13-20)21-22-24(28-18-8-5-9-19(29)14-18)26-15-27-25(22)31-23(21)17-6-3-2-4-7-17/h2-4,6-7,10-13,15,18-19,29H,5,8-9,14H2,1H3,(H,26,27,28)/t18?,19-/m0/s1. The molecular formula is C25H25N3O3. The second-order valence-corrected chi connectivity index (χ2v) is 7.96. The molecule has 1 unspecified atom stereocenters. The van der Waals surface area contributed by atoms with Gasteiger partial charge in [-0.15, -0.1) is 0 Å². The number of aliphatic hydroxyl groups excluding tert-OH is 1. The Labute approximate surface area is 180 Å². The molecule has 0 spiro atoms. The molecule has 158 valence electrons. The highest BCUT2D eigenvalue weighted by Gasteiger charge is 2.25. The quantitative estimate of drug-likeness (QED) is 0.462. The van der Waals surface area contributed by atoms with Crippen molar-refractivity contribution in [1.82, 2.24) is 9.97 Å². The molecule has 0 aliphatic heterocycles. The van der Waals surface area contributed by atoms with Gasteiger partial charge in [0.05, 0.1) is 18.6 Å². The smallest absolute Gasteiger partial charge is 0.232 e. The minimum atomic E-state index is -0.270. The summed E-state index contributed by atoms with van der Waals surface area (Å²) in [5.41, 5.74) is 3.46. The van der Waals surface area contributed by atoms with E-state index in [9.17, 15) is 5.11 Å². The minimum absolute atomic E-state index is 0.167. The number of hydrogen-bond acceptors (Lipinski definition) is 6. The lowest BCUT2D eigenvalue weighted by molar-refractivity contribution is 0.124. The van der Waals surface area contributed by atoms with E-state index in [1.807, 2.05) is 54.6 Å². The summed E-state index contributed by atoms with van der Waals surface area (Å²) in [5.74, 6) is 2.29. The molecule has 0 radical (unpaired) electrons. The molecule has 2 atom stereocenters. The summed E-state index contributed by atoms with van der Waals surface area (Å²) in [6.07, 6.45) is 4.84. The lowest BCUT2D eigenvalue weighted by Gasteiger charge is -2.27. The number of methoxy groups -OCH3 is 1. The highest BCUT2D eigenvalue weighted by molar-refractivity contribution is 6.05. The van der Waals surface area contributed by atoms with Crippen LogP contribution in [0.25, 0.3) is 33.6 Å². The molecule has 6 nitrogen and oxygen atoms in total. The molecule has 1 aliphatic rings. The average molecular weight is 415 g/mol. The molecule has 2 aromatic carbocycles. The van der Waals surface area contributed by atoms with E-state index in [0.29, 0.717) is 12.1 Å². The second kappa shape index (κ2) is 8.40. The van der Waals surface area contributed by atoms with Crippen LogP contribution in [0.4, 0.5) is 5.82 Å². The van der Waals surface area contributed by atoms with Crippen LogP contribution in [0.2, 0.25) is 0 Å². The maximum absolute atomic E-state index is 10.1. The Morgan fingerprint density at radius 1 is 1.00 bits per heavy atom. The fourth-order valence-corrected chi connectivity index (χ4v) is 4.36. The summed E-state index contributed by atoms with van der Waals surface area (Å²) in [4.78, 5) is 8.99. The number of anilines is 1. The first-order valence-corrected chi connectivity index (χ1v) is 10.6. The van der Waals surface area contributed by atoms with Crippen LogP contribution in [0.15, 0.2) is 65.3 Å². The van der Waals surface area contributed by atoms with Gasteiger partial charge in [0.25, 0.3) is 0 Å². The van der Waals surface area contributed by atoms with Gasteiger partial charge < -0.3 is 19.6 Å². The summed E-state index contributed by atoms with van der Waals surface area (Å²) in [6, 6.07) is 18.1. The first kappa shape index (κ1) is 19.6. The van der Waals surface area contributed by atoms with Crippen LogP contribution in [0.5, 0.6) is 5.75 Å². The lowest BCUT2D eigenvalue weighted by atomic mass is 9.93. The van der Waals surface area contributed by atoms with Crippen molar-refractivity contribution in [2.75, 3.05) is 12.4 Å². The van der Waals surface area contributed by atoms with E-state index in [1.54, 1.807) is 7.11 Å². The Bertz CT molecular complexity index is 1170. The maximum Gasteiger partial charge on any atom is 0.232 e. The topological polar surface area (TPSA) is 80.4 Å². The highest BCUT2D eigenvalue weighted by Crippen LogP contribution is 2.43. The summed E-state index contributed by atoms with van der Waals surface area (Å²) in [7, 11) is 1.66. The average Bonchev–Trinajstić information content (AvgIpc) is 3.20. The van der Waals surface area contributed by atoms with E-state index in [1.165, 1.54) is 6.33 Å². The number of ether oxygens (including phenoxy) is 1. The van der Waals surface area contributed by atoms with E-state index in [-0.39, 0.29) is 12.1 Å². The van der Waals surface area contributed by atoms with Crippen LogP contribution < -0.4 is 10.1 Å². The van der Waals surface area contributed by atoms with E-state index >= 15 is 0 Å². The molecule has 5 rings (SSSR count). The highest BCUT2D eigenvalue weighted by atomic mass is 16.5. The third-order valence-corrected chi connectivity index (χ3v) is 5.89. The van der Waals surface area contributed by atoms with E-state index in [2.05, 4.69) is 15.3 Å². The molecule has 4 aromatic rings. The summed E-state index contributed by atoms with van der Waals surface area (Å²) in [6.45, 7) is 0. The first-order chi connectivity index (χ1) is 15.2. The van der Waals surface area contributed by atoms with Crippen molar-refractivity contribution in [3.05, 3.63) is 60.9 Å². The van der Waals surface area contributed by atoms with Gasteiger partial charge in [0, 0.05) is 17.2 Å². The van der Waals surface area contributed by atoms with Gasteiger partial charge in [0.2, 0.25) is 5.71 Å². The van der Waals surface area contributed by atoms with Crippen LogP contribution in [-0.2, 0) is 0 Å². The normalized spacial score (nSPS) is 18.8. The molecule has 0 amide bonds. The third kappa shape index (κ3) is 3.86. The zero-order valence-electron chi connectivity index (χ0n) is 17.4. The molecule has 1 fully saturated rings. The van der Waals surface area contributed by atoms with Crippen molar-refractivity contribution < 1.29 is 14.3 Å². The van der Waals surface area contributed by atoms with Gasteiger partial charge in [0.1, 0.15) is 23.7 Å². The van der Waals surface area contributed by atoms with Gasteiger partial charge in [-0.3, -0.25) is 0 Å². The molecule has 31 heavy (non-hydrogen) atoms. The van der Waals surface area contributed by atoms with Gasteiger partial charge in [-0.05, 0) is 43.4 Å². The van der Waals surface area contributed by atoms with Crippen LogP contribution in [0.1, 0.15) is 25.7 Å². The Kier molecular flexibility index (Phi) is 5.30. The Balaban J connectivity index is 1.68. The first-order valence-electron chi connectivity index (χ1n) is 10.6. The van der Waals surface area contributed by atoms with Crippen molar-refractivity contribution in [1.29, 1.82) is 0 Å². The molecule has 6 heteroatoms. The second-order valence-electron chi connectivity index (χ2n) is 7.96. The zero-order valence-corrected chi connectivity index (χ0v) is 17.4. The summed E-state index contributed by atoms with van der Waals surface area (Å²) >= 11 is 0. The number of nitrogens with zero attached hydrogens (tertiary/aromatic N) is 2. The molecule has 1 saturated carbocycles. The third-order valence-electron chi connectivity index (χ3n) is 5.89. The van der Waals surface area contributed by atoms with Crippen LogP contribution >= 0.6 is 0 Å². The van der Waals surface area contributed by atoms with Crippen molar-refractivity contribution in [3.63, 3.8) is 0 Å². The monoisotopic (exact) mass is 415 g/mol. The molecule has 0 saturated heterocycles. The SMILES string of the molecule is COc1ccc(-c2c(-c3ccccc3)oc3ncnc(NC4CCC[C@H](O)C4)c23)cc1. The molecule has 1 aliphatic carbocycles. The van der Waals surface area contributed by atoms with E-state index in [4.69, 9.17) is 9.15 Å². The predicted molar refractivity (Wildman–Crippen MR) is 121 cm³/mol. The lowest BCUT2D eigenvalue weighted by Crippen LogP contribution is -2.30. The van der Waals surface area contributed by atoms with Crippen LogP contribution in [0, 0.1) is 0 Å². The number of fused-ring (bicyclic) bond motifs is 1. The number of rotatable bonds is 5. The number of furan rings is 1. The number of aromatic nitrogens is 2. The van der Waals surface area contributed by atoms with Crippen molar-refractivity contribution >= 4 is 16.9 Å². The molecule has 2 N–H and O–H groups in total. The van der Waals surface area contributed by atoms with Crippen molar-refractivity contribution in [2.24, 2.45) is 0 Å².